The SMILES string of the molecule is CSCCC(CC(=S)Cc1ccc(CN2CCN(CC(=O)O)CCN(CC(=O)O)CCN(CC(=O)O)CC2)cc1)C(=O)O. The van der Waals surface area contributed by atoms with E-state index in [1.807, 2.05) is 30.5 Å². The number of carboxylic acids is 4. The summed E-state index contributed by atoms with van der Waals surface area (Å²) >= 11 is 7.14. The van der Waals surface area contributed by atoms with Crippen LogP contribution in [0.1, 0.15) is 24.0 Å². The lowest BCUT2D eigenvalue weighted by Crippen LogP contribution is -2.48. The van der Waals surface area contributed by atoms with Crippen LogP contribution in [0.4, 0.5) is 0 Å². The first-order chi connectivity index (χ1) is 20.4. The molecule has 0 aromatic heterocycles. The molecule has 1 aliphatic heterocycles. The Balaban J connectivity index is 2.10. The molecular formula is C29H44N4O8S2. The molecule has 1 aromatic rings. The lowest BCUT2D eigenvalue weighted by Gasteiger charge is -2.33. The van der Waals surface area contributed by atoms with Gasteiger partial charge in [-0.05, 0) is 40.8 Å². The maximum Gasteiger partial charge on any atom is 0.317 e. The lowest BCUT2D eigenvalue weighted by molar-refractivity contribution is -0.142. The number of benzene rings is 1. The second-order valence-corrected chi connectivity index (χ2v) is 12.4. The number of carbonyl (C=O) groups is 4. The fraction of sp³-hybridized carbons (Fsp3) is 0.621. The van der Waals surface area contributed by atoms with E-state index in [9.17, 15) is 39.6 Å². The van der Waals surface area contributed by atoms with Gasteiger partial charge in [0, 0.05) is 65.3 Å². The first-order valence-electron chi connectivity index (χ1n) is 14.3. The van der Waals surface area contributed by atoms with Crippen LogP contribution in [0.3, 0.4) is 0 Å². The van der Waals surface area contributed by atoms with E-state index in [4.69, 9.17) is 12.2 Å². The third-order valence-electron chi connectivity index (χ3n) is 7.33. The zero-order valence-electron chi connectivity index (χ0n) is 24.7. The van der Waals surface area contributed by atoms with Gasteiger partial charge in [0.2, 0.25) is 0 Å². The van der Waals surface area contributed by atoms with E-state index in [1.165, 1.54) is 0 Å². The second-order valence-electron chi connectivity index (χ2n) is 10.8. The summed E-state index contributed by atoms with van der Waals surface area (Å²) < 4.78 is 0. The minimum absolute atomic E-state index is 0.158. The van der Waals surface area contributed by atoms with Crippen LogP contribution in [-0.2, 0) is 32.1 Å². The summed E-state index contributed by atoms with van der Waals surface area (Å²) in [6, 6.07) is 7.98. The highest BCUT2D eigenvalue weighted by molar-refractivity contribution is 7.98. The predicted molar refractivity (Wildman–Crippen MR) is 169 cm³/mol. The van der Waals surface area contributed by atoms with Crippen LogP contribution in [-0.4, -0.2) is 153 Å². The highest BCUT2D eigenvalue weighted by Crippen LogP contribution is 2.17. The smallest absolute Gasteiger partial charge is 0.317 e. The largest absolute Gasteiger partial charge is 0.481 e. The fourth-order valence-electron chi connectivity index (χ4n) is 4.95. The van der Waals surface area contributed by atoms with Crippen LogP contribution in [0.25, 0.3) is 0 Å². The summed E-state index contributed by atoms with van der Waals surface area (Å²) in [6.45, 7) is 3.53. The fourth-order valence-corrected chi connectivity index (χ4v) is 5.84. The van der Waals surface area contributed by atoms with Crippen LogP contribution in [0.5, 0.6) is 0 Å². The van der Waals surface area contributed by atoms with Crippen molar-refractivity contribution in [3.05, 3.63) is 35.4 Å². The van der Waals surface area contributed by atoms with Gasteiger partial charge >= 0.3 is 23.9 Å². The standard InChI is InChI=1S/C29H44N4O8S2/c1-43-15-6-24(29(40)41)17-25(42)16-22-2-4-23(5-3-22)18-30-7-9-31(19-26(34)35)11-13-33(21-28(38)39)14-12-32(10-8-30)20-27(36)37/h2-5,24H,6-21H2,1H3,(H,34,35)(H,36,37)(H,38,39)(H,40,41). The van der Waals surface area contributed by atoms with Gasteiger partial charge in [0.15, 0.2) is 0 Å². The highest BCUT2D eigenvalue weighted by Gasteiger charge is 2.21. The Morgan fingerprint density at radius 3 is 1.49 bits per heavy atom. The number of nitrogens with zero attached hydrogens (tertiary/aromatic N) is 4. The van der Waals surface area contributed by atoms with E-state index in [0.717, 1.165) is 16.9 Å². The van der Waals surface area contributed by atoms with E-state index in [2.05, 4.69) is 4.90 Å². The number of hydrogen-bond acceptors (Lipinski definition) is 10. The van der Waals surface area contributed by atoms with Gasteiger partial charge < -0.3 is 20.4 Å². The third-order valence-corrected chi connectivity index (χ3v) is 8.29. The number of thioether (sulfide) groups is 1. The monoisotopic (exact) mass is 640 g/mol. The highest BCUT2D eigenvalue weighted by atomic mass is 32.2. The maximum absolute atomic E-state index is 11.6. The average Bonchev–Trinajstić information content (AvgIpc) is 2.92. The molecule has 2 rings (SSSR count). The summed E-state index contributed by atoms with van der Waals surface area (Å²) in [4.78, 5) is 54.1. The zero-order chi connectivity index (χ0) is 31.8. The molecular weight excluding hydrogens is 596 g/mol. The van der Waals surface area contributed by atoms with Crippen LogP contribution in [0.15, 0.2) is 24.3 Å². The van der Waals surface area contributed by atoms with Crippen molar-refractivity contribution in [1.82, 2.24) is 19.6 Å². The Hall–Kier alpha value is -2.62. The molecule has 1 aromatic carbocycles. The Labute approximate surface area is 262 Å². The first kappa shape index (κ1) is 36.6. The normalized spacial score (nSPS) is 17.4. The molecule has 4 N–H and O–H groups in total. The molecule has 1 atom stereocenters. The summed E-state index contributed by atoms with van der Waals surface area (Å²) in [5, 5.41) is 37.7. The molecule has 12 nitrogen and oxygen atoms in total. The molecule has 0 amide bonds. The zero-order valence-corrected chi connectivity index (χ0v) is 26.4. The second kappa shape index (κ2) is 19.6. The Bertz CT molecular complexity index is 1040. The Morgan fingerprint density at radius 1 is 0.721 bits per heavy atom. The molecule has 43 heavy (non-hydrogen) atoms. The topological polar surface area (TPSA) is 162 Å². The van der Waals surface area contributed by atoms with Crippen molar-refractivity contribution in [3.8, 4) is 0 Å². The summed E-state index contributed by atoms with van der Waals surface area (Å²) in [5.41, 5.74) is 2.04. The first-order valence-corrected chi connectivity index (χ1v) is 16.1. The third kappa shape index (κ3) is 15.6. The minimum atomic E-state index is -0.990. The number of thiocarbonyl (C=S) groups is 1. The summed E-state index contributed by atoms with van der Waals surface area (Å²) in [7, 11) is 0. The number of aliphatic carboxylic acids is 4. The molecule has 14 heteroatoms. The van der Waals surface area contributed by atoms with Crippen molar-refractivity contribution in [3.63, 3.8) is 0 Å². The number of rotatable bonds is 16. The van der Waals surface area contributed by atoms with Crippen molar-refractivity contribution in [2.45, 2.75) is 25.8 Å². The van der Waals surface area contributed by atoms with E-state index < -0.39 is 29.8 Å². The summed E-state index contributed by atoms with van der Waals surface area (Å²) in [6.07, 6.45) is 3.43. The van der Waals surface area contributed by atoms with Crippen LogP contribution in [0.2, 0.25) is 0 Å². The van der Waals surface area contributed by atoms with Gasteiger partial charge in [-0.2, -0.15) is 11.8 Å². The quantitative estimate of drug-likeness (QED) is 0.192. The van der Waals surface area contributed by atoms with Gasteiger partial charge in [-0.15, -0.1) is 0 Å². The van der Waals surface area contributed by atoms with Gasteiger partial charge in [0.25, 0.3) is 0 Å². The molecule has 0 saturated carbocycles. The molecule has 0 aliphatic carbocycles. The van der Waals surface area contributed by atoms with Crippen molar-refractivity contribution in [2.24, 2.45) is 5.92 Å². The molecule has 240 valence electrons. The van der Waals surface area contributed by atoms with Gasteiger partial charge in [0.05, 0.1) is 25.6 Å². The van der Waals surface area contributed by atoms with E-state index in [-0.39, 0.29) is 19.6 Å². The molecule has 1 saturated heterocycles. The summed E-state index contributed by atoms with van der Waals surface area (Å²) in [5.74, 6) is -3.42. The predicted octanol–water partition coefficient (Wildman–Crippen LogP) is 1.42. The van der Waals surface area contributed by atoms with E-state index >= 15 is 0 Å². The Morgan fingerprint density at radius 2 is 1.12 bits per heavy atom. The van der Waals surface area contributed by atoms with Gasteiger partial charge in [-0.3, -0.25) is 38.8 Å². The molecule has 0 radical (unpaired) electrons. The molecule has 1 heterocycles. The van der Waals surface area contributed by atoms with Gasteiger partial charge in [-0.1, -0.05) is 36.5 Å². The molecule has 1 fully saturated rings. The number of carboxylic acid groups (broad SMARTS) is 4. The van der Waals surface area contributed by atoms with Crippen LogP contribution < -0.4 is 0 Å². The van der Waals surface area contributed by atoms with Crippen molar-refractivity contribution in [1.29, 1.82) is 0 Å². The van der Waals surface area contributed by atoms with Crippen molar-refractivity contribution < 1.29 is 39.6 Å². The van der Waals surface area contributed by atoms with Crippen LogP contribution >= 0.6 is 24.0 Å². The Kier molecular flexibility index (Phi) is 16.7. The van der Waals surface area contributed by atoms with Gasteiger partial charge in [-0.25, -0.2) is 0 Å². The van der Waals surface area contributed by atoms with E-state index in [0.29, 0.717) is 83.0 Å². The lowest BCUT2D eigenvalue weighted by atomic mass is 9.97. The maximum atomic E-state index is 11.6. The number of hydrogen-bond donors (Lipinski definition) is 4. The molecule has 1 unspecified atom stereocenters. The average molecular weight is 641 g/mol. The molecule has 0 spiro atoms. The molecule has 1 aliphatic rings. The minimum Gasteiger partial charge on any atom is -0.481 e. The van der Waals surface area contributed by atoms with Crippen molar-refractivity contribution in [2.75, 3.05) is 84.0 Å². The van der Waals surface area contributed by atoms with Crippen molar-refractivity contribution >= 4 is 52.7 Å². The van der Waals surface area contributed by atoms with Gasteiger partial charge in [0.1, 0.15) is 0 Å². The molecule has 0 bridgehead atoms. The van der Waals surface area contributed by atoms with Crippen LogP contribution in [0, 0.1) is 5.92 Å². The van der Waals surface area contributed by atoms with E-state index in [1.54, 1.807) is 26.5 Å².